The molecule has 4 heteroatoms. The predicted molar refractivity (Wildman–Crippen MR) is 83.1 cm³/mol. The SMILES string of the molecule is CC1(C)CCN(CCC(O)c2ccc(Br)cc2F)CC1. The molecule has 1 fully saturated rings. The van der Waals surface area contributed by atoms with Gasteiger partial charge in [-0.1, -0.05) is 35.8 Å². The van der Waals surface area contributed by atoms with E-state index in [9.17, 15) is 9.50 Å². The van der Waals surface area contributed by atoms with Gasteiger partial charge >= 0.3 is 0 Å². The lowest BCUT2D eigenvalue weighted by atomic mass is 9.82. The number of rotatable bonds is 4. The van der Waals surface area contributed by atoms with Crippen molar-refractivity contribution in [1.29, 1.82) is 0 Å². The average Bonchev–Trinajstić information content (AvgIpc) is 2.37. The first-order valence-corrected chi connectivity index (χ1v) is 8.02. The number of nitrogens with zero attached hydrogens (tertiary/aromatic N) is 1. The van der Waals surface area contributed by atoms with Crippen molar-refractivity contribution in [3.05, 3.63) is 34.1 Å². The molecule has 1 aromatic carbocycles. The van der Waals surface area contributed by atoms with E-state index >= 15 is 0 Å². The Bertz CT molecular complexity index is 454. The normalized spacial score (nSPS) is 20.9. The van der Waals surface area contributed by atoms with Gasteiger partial charge in [0.05, 0.1) is 6.10 Å². The van der Waals surface area contributed by atoms with Gasteiger partial charge in [-0.05, 0) is 49.9 Å². The molecule has 1 aromatic rings. The Kier molecular flexibility index (Phi) is 5.21. The molecule has 0 radical (unpaired) electrons. The van der Waals surface area contributed by atoms with Crippen LogP contribution in [-0.2, 0) is 0 Å². The van der Waals surface area contributed by atoms with Crippen LogP contribution in [0.3, 0.4) is 0 Å². The highest BCUT2D eigenvalue weighted by Gasteiger charge is 2.25. The molecule has 1 aliphatic rings. The highest BCUT2D eigenvalue weighted by Crippen LogP contribution is 2.30. The number of halogens is 2. The molecule has 1 aliphatic heterocycles. The van der Waals surface area contributed by atoms with Crippen LogP contribution in [0.2, 0.25) is 0 Å². The molecule has 0 saturated carbocycles. The van der Waals surface area contributed by atoms with Crippen molar-refractivity contribution in [2.45, 2.75) is 39.2 Å². The zero-order valence-corrected chi connectivity index (χ0v) is 13.8. The maximum atomic E-state index is 13.8. The quantitative estimate of drug-likeness (QED) is 0.888. The smallest absolute Gasteiger partial charge is 0.130 e. The number of aliphatic hydroxyl groups excluding tert-OH is 1. The van der Waals surface area contributed by atoms with Crippen molar-refractivity contribution >= 4 is 15.9 Å². The van der Waals surface area contributed by atoms with Gasteiger partial charge in [-0.3, -0.25) is 0 Å². The molecule has 1 heterocycles. The third-order valence-corrected chi connectivity index (χ3v) is 4.74. The zero-order chi connectivity index (χ0) is 14.8. The summed E-state index contributed by atoms with van der Waals surface area (Å²) in [5.74, 6) is -0.341. The molecule has 0 spiro atoms. The first-order chi connectivity index (χ1) is 9.37. The van der Waals surface area contributed by atoms with Crippen molar-refractivity contribution in [3.8, 4) is 0 Å². The lowest BCUT2D eigenvalue weighted by molar-refractivity contribution is 0.0999. The van der Waals surface area contributed by atoms with Gasteiger partial charge in [0, 0.05) is 16.6 Å². The molecular weight excluding hydrogens is 321 g/mol. The van der Waals surface area contributed by atoms with E-state index in [1.807, 2.05) is 0 Å². The van der Waals surface area contributed by atoms with E-state index in [4.69, 9.17) is 0 Å². The number of hydrogen-bond acceptors (Lipinski definition) is 2. The Balaban J connectivity index is 1.85. The zero-order valence-electron chi connectivity index (χ0n) is 12.2. The summed E-state index contributed by atoms with van der Waals surface area (Å²) < 4.78 is 14.5. The number of piperidine rings is 1. The summed E-state index contributed by atoms with van der Waals surface area (Å²) in [7, 11) is 0. The fourth-order valence-electron chi connectivity index (χ4n) is 2.61. The van der Waals surface area contributed by atoms with Crippen molar-refractivity contribution in [2.75, 3.05) is 19.6 Å². The van der Waals surface area contributed by atoms with E-state index in [-0.39, 0.29) is 5.82 Å². The molecule has 2 nitrogen and oxygen atoms in total. The van der Waals surface area contributed by atoms with Crippen LogP contribution >= 0.6 is 15.9 Å². The van der Waals surface area contributed by atoms with Crippen LogP contribution in [0.1, 0.15) is 44.8 Å². The Morgan fingerprint density at radius 3 is 2.60 bits per heavy atom. The molecule has 1 saturated heterocycles. The van der Waals surface area contributed by atoms with Gasteiger partial charge in [-0.15, -0.1) is 0 Å². The van der Waals surface area contributed by atoms with Gasteiger partial charge in [-0.25, -0.2) is 4.39 Å². The van der Waals surface area contributed by atoms with Crippen molar-refractivity contribution in [3.63, 3.8) is 0 Å². The third-order valence-electron chi connectivity index (χ3n) is 4.25. The minimum Gasteiger partial charge on any atom is -0.388 e. The topological polar surface area (TPSA) is 23.5 Å². The monoisotopic (exact) mass is 343 g/mol. The Labute approximate surface area is 129 Å². The maximum absolute atomic E-state index is 13.8. The second kappa shape index (κ2) is 6.54. The summed E-state index contributed by atoms with van der Waals surface area (Å²) in [4.78, 5) is 2.37. The molecule has 2 rings (SSSR count). The second-order valence-corrected chi connectivity index (χ2v) is 7.39. The van der Waals surface area contributed by atoms with Crippen molar-refractivity contribution < 1.29 is 9.50 Å². The predicted octanol–water partition coefficient (Wildman–Crippen LogP) is 4.13. The Hall–Kier alpha value is -0.450. The molecule has 112 valence electrons. The van der Waals surface area contributed by atoms with Crippen LogP contribution in [-0.4, -0.2) is 29.6 Å². The Morgan fingerprint density at radius 2 is 2.00 bits per heavy atom. The van der Waals surface area contributed by atoms with Gasteiger partial charge in [0.2, 0.25) is 0 Å². The van der Waals surface area contributed by atoms with Crippen molar-refractivity contribution in [1.82, 2.24) is 4.90 Å². The van der Waals surface area contributed by atoms with Crippen LogP contribution in [0.4, 0.5) is 4.39 Å². The van der Waals surface area contributed by atoms with Gasteiger partial charge < -0.3 is 10.0 Å². The minimum atomic E-state index is -0.724. The number of likely N-dealkylation sites (tertiary alicyclic amines) is 1. The summed E-state index contributed by atoms with van der Waals surface area (Å²) in [5.41, 5.74) is 0.831. The minimum absolute atomic E-state index is 0.341. The van der Waals surface area contributed by atoms with Crippen LogP contribution in [0, 0.1) is 11.2 Å². The van der Waals surface area contributed by atoms with Gasteiger partial charge in [0.1, 0.15) is 5.82 Å². The van der Waals surface area contributed by atoms with Crippen molar-refractivity contribution in [2.24, 2.45) is 5.41 Å². The first kappa shape index (κ1) is 15.9. The summed E-state index contributed by atoms with van der Waals surface area (Å²) in [5, 5.41) is 10.1. The average molecular weight is 344 g/mol. The molecular formula is C16H23BrFNO. The van der Waals surface area contributed by atoms with E-state index in [0.717, 1.165) is 19.6 Å². The van der Waals surface area contributed by atoms with E-state index in [0.29, 0.717) is 21.9 Å². The largest absolute Gasteiger partial charge is 0.388 e. The molecule has 1 unspecified atom stereocenters. The summed E-state index contributed by atoms with van der Waals surface area (Å²) in [6, 6.07) is 4.83. The maximum Gasteiger partial charge on any atom is 0.130 e. The van der Waals surface area contributed by atoms with E-state index in [2.05, 4.69) is 34.7 Å². The number of benzene rings is 1. The number of aliphatic hydroxyl groups is 1. The summed E-state index contributed by atoms with van der Waals surface area (Å²) in [6.07, 6.45) is 2.24. The molecule has 20 heavy (non-hydrogen) atoms. The van der Waals surface area contributed by atoms with Gasteiger partial charge in [-0.2, -0.15) is 0 Å². The van der Waals surface area contributed by atoms with Crippen LogP contribution < -0.4 is 0 Å². The molecule has 0 aromatic heterocycles. The molecule has 1 N–H and O–H groups in total. The fraction of sp³-hybridized carbons (Fsp3) is 0.625. The molecule has 0 aliphatic carbocycles. The lowest BCUT2D eigenvalue weighted by Gasteiger charge is -2.37. The van der Waals surface area contributed by atoms with Gasteiger partial charge in [0.15, 0.2) is 0 Å². The molecule has 0 bridgehead atoms. The van der Waals surface area contributed by atoms with Crippen LogP contribution in [0.5, 0.6) is 0 Å². The third kappa shape index (κ3) is 4.27. The second-order valence-electron chi connectivity index (χ2n) is 6.48. The van der Waals surface area contributed by atoms with E-state index < -0.39 is 6.10 Å². The highest BCUT2D eigenvalue weighted by atomic mass is 79.9. The lowest BCUT2D eigenvalue weighted by Crippen LogP contribution is -2.38. The van der Waals surface area contributed by atoms with Gasteiger partial charge in [0.25, 0.3) is 0 Å². The standard InChI is InChI=1S/C16H23BrFNO/c1-16(2)6-9-19(10-7-16)8-5-15(20)13-4-3-12(17)11-14(13)18/h3-4,11,15,20H,5-10H2,1-2H3. The molecule has 0 amide bonds. The van der Waals surface area contributed by atoms with E-state index in [1.165, 1.54) is 18.9 Å². The number of hydrogen-bond donors (Lipinski definition) is 1. The highest BCUT2D eigenvalue weighted by molar-refractivity contribution is 9.10. The molecule has 1 atom stereocenters. The van der Waals surface area contributed by atoms with Crippen LogP contribution in [0.15, 0.2) is 22.7 Å². The first-order valence-electron chi connectivity index (χ1n) is 7.23. The van der Waals surface area contributed by atoms with Crippen LogP contribution in [0.25, 0.3) is 0 Å². The summed E-state index contributed by atoms with van der Waals surface area (Å²) >= 11 is 3.23. The Morgan fingerprint density at radius 1 is 1.35 bits per heavy atom. The van der Waals surface area contributed by atoms with E-state index in [1.54, 1.807) is 12.1 Å². The summed E-state index contributed by atoms with van der Waals surface area (Å²) in [6.45, 7) is 7.57. The fourth-order valence-corrected chi connectivity index (χ4v) is 2.95.